The third-order valence-corrected chi connectivity index (χ3v) is 2.71. The number of esters is 1. The molecular formula is C14H26N2O2. The summed E-state index contributed by atoms with van der Waals surface area (Å²) < 4.78 is 4.75. The van der Waals surface area contributed by atoms with Crippen LogP contribution in [0.1, 0.15) is 26.7 Å². The Hall–Kier alpha value is -1.29. The summed E-state index contributed by atoms with van der Waals surface area (Å²) in [7, 11) is 0. The quantitative estimate of drug-likeness (QED) is 0.601. The minimum Gasteiger partial charge on any atom is -0.461 e. The molecule has 0 radical (unpaired) electrons. The van der Waals surface area contributed by atoms with Crippen molar-refractivity contribution in [3.63, 3.8) is 0 Å². The Bertz CT molecular complexity index is 269. The molecule has 2 N–H and O–H groups in total. The zero-order valence-electron chi connectivity index (χ0n) is 11.7. The number of nitrogens with zero attached hydrogens (tertiary/aromatic N) is 1. The molecule has 0 unspecified atom stereocenters. The van der Waals surface area contributed by atoms with Crippen molar-refractivity contribution in [3.05, 3.63) is 24.9 Å². The Morgan fingerprint density at radius 1 is 1.44 bits per heavy atom. The van der Waals surface area contributed by atoms with Crippen LogP contribution in [-0.4, -0.2) is 37.1 Å². The minimum absolute atomic E-state index is 0.139. The topological polar surface area (TPSA) is 55.6 Å². The van der Waals surface area contributed by atoms with Crippen molar-refractivity contribution in [2.24, 2.45) is 11.7 Å². The average molecular weight is 254 g/mol. The molecule has 4 heteroatoms. The Labute approximate surface area is 110 Å². The lowest BCUT2D eigenvalue weighted by atomic mass is 10.1. The third kappa shape index (κ3) is 7.12. The Balaban J connectivity index is 0.000000351. The molecule has 0 saturated carbocycles. The van der Waals surface area contributed by atoms with E-state index in [1.165, 1.54) is 25.9 Å². The van der Waals surface area contributed by atoms with Gasteiger partial charge in [-0.15, -0.1) is 0 Å². The predicted octanol–water partition coefficient (Wildman–Crippen LogP) is 1.93. The van der Waals surface area contributed by atoms with E-state index in [1.54, 1.807) is 0 Å². The molecule has 1 aliphatic heterocycles. The smallest absolute Gasteiger partial charge is 0.333 e. The molecule has 1 saturated heterocycles. The molecule has 1 fully saturated rings. The number of carbonyl (C=O) groups excluding carboxylic acids is 1. The van der Waals surface area contributed by atoms with E-state index in [9.17, 15) is 4.79 Å². The molecule has 104 valence electrons. The molecule has 0 aromatic heterocycles. The van der Waals surface area contributed by atoms with Crippen LogP contribution in [0.4, 0.5) is 0 Å². The molecule has 4 nitrogen and oxygen atoms in total. The highest BCUT2D eigenvalue weighted by atomic mass is 16.5. The number of hydrogen-bond donors (Lipinski definition) is 1. The summed E-state index contributed by atoms with van der Waals surface area (Å²) in [6.45, 7) is 14.1. The second-order valence-corrected chi connectivity index (χ2v) is 4.53. The van der Waals surface area contributed by atoms with Gasteiger partial charge in [0.2, 0.25) is 0 Å². The van der Waals surface area contributed by atoms with Gasteiger partial charge in [0.25, 0.3) is 0 Å². The van der Waals surface area contributed by atoms with Gasteiger partial charge in [-0.1, -0.05) is 27.0 Å². The summed E-state index contributed by atoms with van der Waals surface area (Å²) in [5, 5.41) is 0. The second-order valence-electron chi connectivity index (χ2n) is 4.53. The van der Waals surface area contributed by atoms with Crippen molar-refractivity contribution in [1.29, 1.82) is 0 Å². The molecule has 18 heavy (non-hydrogen) atoms. The maximum Gasteiger partial charge on any atom is 0.333 e. The zero-order chi connectivity index (χ0) is 14.0. The summed E-state index contributed by atoms with van der Waals surface area (Å²) in [6, 6.07) is 0. The van der Waals surface area contributed by atoms with Crippen molar-refractivity contribution >= 4 is 5.97 Å². The van der Waals surface area contributed by atoms with Crippen LogP contribution in [0.2, 0.25) is 0 Å². The molecule has 1 heterocycles. The lowest BCUT2D eigenvalue weighted by Gasteiger charge is -2.07. The van der Waals surface area contributed by atoms with Crippen LogP contribution in [0.3, 0.4) is 0 Å². The highest BCUT2D eigenvalue weighted by Crippen LogP contribution is 2.07. The molecule has 0 amide bonds. The molecule has 0 aromatic rings. The number of likely N-dealkylation sites (tertiary alicyclic amines) is 1. The van der Waals surface area contributed by atoms with E-state index in [0.717, 1.165) is 0 Å². The average Bonchev–Trinajstić information content (AvgIpc) is 2.88. The van der Waals surface area contributed by atoms with Gasteiger partial charge in [0.1, 0.15) is 6.61 Å². The van der Waals surface area contributed by atoms with Crippen molar-refractivity contribution in [3.8, 4) is 0 Å². The zero-order valence-corrected chi connectivity index (χ0v) is 11.7. The fraction of sp³-hybridized carbons (Fsp3) is 0.643. The third-order valence-electron chi connectivity index (χ3n) is 2.71. The standard InChI is InChI=1S/C8H15NO2.C6H11N/c1-6(2)7(3)8(10)11-5-4-9;1-2-7-5-3-4-6-7/h6H,3-5,9H2,1-2H3;2H,1,3-6H2. The minimum atomic E-state index is -0.342. The van der Waals surface area contributed by atoms with Crippen LogP contribution in [0.15, 0.2) is 24.9 Å². The van der Waals surface area contributed by atoms with Crippen LogP contribution in [0.5, 0.6) is 0 Å². The van der Waals surface area contributed by atoms with Crippen LogP contribution in [-0.2, 0) is 9.53 Å². The van der Waals surface area contributed by atoms with Gasteiger partial charge >= 0.3 is 5.97 Å². The Morgan fingerprint density at radius 2 is 2.00 bits per heavy atom. The van der Waals surface area contributed by atoms with Gasteiger partial charge in [-0.2, -0.15) is 0 Å². The monoisotopic (exact) mass is 254 g/mol. The van der Waals surface area contributed by atoms with E-state index in [2.05, 4.69) is 18.1 Å². The molecule has 1 aliphatic rings. The predicted molar refractivity (Wildman–Crippen MR) is 75.0 cm³/mol. The first-order chi connectivity index (χ1) is 8.52. The van der Waals surface area contributed by atoms with Crippen LogP contribution in [0, 0.1) is 5.92 Å². The van der Waals surface area contributed by atoms with Crippen molar-refractivity contribution < 1.29 is 9.53 Å². The summed E-state index contributed by atoms with van der Waals surface area (Å²) in [5.74, 6) is -0.203. The van der Waals surface area contributed by atoms with Gasteiger partial charge in [0.05, 0.1) is 0 Å². The summed E-state index contributed by atoms with van der Waals surface area (Å²) >= 11 is 0. The molecule has 0 spiro atoms. The summed E-state index contributed by atoms with van der Waals surface area (Å²) in [4.78, 5) is 13.2. The van der Waals surface area contributed by atoms with E-state index in [1.807, 2.05) is 20.0 Å². The van der Waals surface area contributed by atoms with Crippen molar-refractivity contribution in [2.45, 2.75) is 26.7 Å². The first-order valence-electron chi connectivity index (χ1n) is 6.45. The molecule has 0 atom stereocenters. The number of nitrogens with two attached hydrogens (primary N) is 1. The number of hydrogen-bond acceptors (Lipinski definition) is 4. The van der Waals surface area contributed by atoms with Crippen LogP contribution in [0.25, 0.3) is 0 Å². The second kappa shape index (κ2) is 9.71. The number of carbonyl (C=O) groups is 1. The molecule has 1 rings (SSSR count). The fourth-order valence-electron chi connectivity index (χ4n) is 1.40. The Morgan fingerprint density at radius 3 is 2.33 bits per heavy atom. The van der Waals surface area contributed by atoms with Gasteiger partial charge in [-0.25, -0.2) is 4.79 Å². The Kier molecular flexibility index (Phi) is 9.01. The SMILES string of the molecule is C=C(C(=O)OCCN)C(C)C.C=CN1CCCC1. The van der Waals surface area contributed by atoms with E-state index >= 15 is 0 Å². The maximum absolute atomic E-state index is 11.0. The van der Waals surface area contributed by atoms with E-state index in [4.69, 9.17) is 10.5 Å². The van der Waals surface area contributed by atoms with Crippen molar-refractivity contribution in [2.75, 3.05) is 26.2 Å². The number of rotatable bonds is 5. The summed E-state index contributed by atoms with van der Waals surface area (Å²) in [6.07, 6.45) is 4.63. The largest absolute Gasteiger partial charge is 0.461 e. The maximum atomic E-state index is 11.0. The lowest BCUT2D eigenvalue weighted by Crippen LogP contribution is -2.16. The van der Waals surface area contributed by atoms with Gasteiger partial charge in [-0.3, -0.25) is 0 Å². The van der Waals surface area contributed by atoms with Crippen LogP contribution < -0.4 is 5.73 Å². The highest BCUT2D eigenvalue weighted by molar-refractivity contribution is 5.88. The van der Waals surface area contributed by atoms with Crippen LogP contribution >= 0.6 is 0 Å². The van der Waals surface area contributed by atoms with Gasteiger partial charge in [-0.05, 0) is 25.0 Å². The highest BCUT2D eigenvalue weighted by Gasteiger charge is 2.10. The lowest BCUT2D eigenvalue weighted by molar-refractivity contribution is -0.139. The summed E-state index contributed by atoms with van der Waals surface area (Å²) in [5.41, 5.74) is 5.64. The van der Waals surface area contributed by atoms with Gasteiger partial charge in [0.15, 0.2) is 0 Å². The van der Waals surface area contributed by atoms with E-state index < -0.39 is 0 Å². The molecular weight excluding hydrogens is 228 g/mol. The molecule has 0 aliphatic carbocycles. The normalized spacial score (nSPS) is 13.9. The fourth-order valence-corrected chi connectivity index (χ4v) is 1.40. The first-order valence-corrected chi connectivity index (χ1v) is 6.45. The van der Waals surface area contributed by atoms with Crippen molar-refractivity contribution in [1.82, 2.24) is 4.90 Å². The molecule has 0 aromatic carbocycles. The first kappa shape index (κ1) is 16.7. The van der Waals surface area contributed by atoms with E-state index in [0.29, 0.717) is 12.1 Å². The number of ether oxygens (including phenoxy) is 1. The van der Waals surface area contributed by atoms with E-state index in [-0.39, 0.29) is 18.5 Å². The molecule has 0 bridgehead atoms. The van der Waals surface area contributed by atoms with Gasteiger partial charge in [0, 0.05) is 25.2 Å². The van der Waals surface area contributed by atoms with Gasteiger partial charge < -0.3 is 15.4 Å².